The van der Waals surface area contributed by atoms with E-state index in [1.807, 2.05) is 6.92 Å². The third-order valence-corrected chi connectivity index (χ3v) is 3.99. The Morgan fingerprint density at radius 1 is 1.14 bits per heavy atom. The van der Waals surface area contributed by atoms with Crippen molar-refractivity contribution in [2.24, 2.45) is 5.92 Å². The summed E-state index contributed by atoms with van der Waals surface area (Å²) in [4.78, 5) is 38.1. The molecule has 0 radical (unpaired) electrons. The van der Waals surface area contributed by atoms with Crippen LogP contribution in [0.15, 0.2) is 0 Å². The molecule has 1 saturated heterocycles. The second-order valence-corrected chi connectivity index (χ2v) is 5.50. The smallest absolute Gasteiger partial charge is 0.326 e. The summed E-state index contributed by atoms with van der Waals surface area (Å²) < 4.78 is 0. The number of carbonyl (C=O) groups excluding carboxylic acids is 2. The molecule has 0 aliphatic carbocycles. The lowest BCUT2D eigenvalue weighted by Gasteiger charge is -2.26. The van der Waals surface area contributed by atoms with Crippen molar-refractivity contribution in [2.75, 3.05) is 26.2 Å². The molecule has 1 aliphatic rings. The van der Waals surface area contributed by atoms with Crippen LogP contribution in [0.25, 0.3) is 0 Å². The van der Waals surface area contributed by atoms with Crippen LogP contribution in [0.3, 0.4) is 0 Å². The molecule has 0 aromatic heterocycles. The van der Waals surface area contributed by atoms with Gasteiger partial charge in [0.05, 0.1) is 0 Å². The molecule has 0 aromatic rings. The van der Waals surface area contributed by atoms with Crippen molar-refractivity contribution in [1.29, 1.82) is 0 Å². The van der Waals surface area contributed by atoms with Gasteiger partial charge in [-0.15, -0.1) is 0 Å². The fraction of sp³-hybridized carbons (Fsp3) is 0.786. The van der Waals surface area contributed by atoms with Gasteiger partial charge >= 0.3 is 12.0 Å². The highest BCUT2D eigenvalue weighted by Crippen LogP contribution is 2.10. The maximum atomic E-state index is 12.2. The molecule has 120 valence electrons. The minimum absolute atomic E-state index is 0.000255. The number of nitrogens with zero attached hydrogens (tertiary/aromatic N) is 2. The van der Waals surface area contributed by atoms with Crippen LogP contribution in [-0.2, 0) is 9.59 Å². The predicted octanol–water partition coefficient (Wildman–Crippen LogP) is 0.750. The van der Waals surface area contributed by atoms with Crippen molar-refractivity contribution in [3.05, 3.63) is 0 Å². The van der Waals surface area contributed by atoms with Crippen molar-refractivity contribution < 1.29 is 19.5 Å². The summed E-state index contributed by atoms with van der Waals surface area (Å²) in [6, 6.07) is -1.25. The maximum Gasteiger partial charge on any atom is 0.326 e. The Bertz CT molecular complexity index is 400. The number of amides is 3. The van der Waals surface area contributed by atoms with E-state index in [4.69, 9.17) is 0 Å². The van der Waals surface area contributed by atoms with E-state index in [2.05, 4.69) is 5.32 Å². The molecule has 0 aromatic carbocycles. The first kappa shape index (κ1) is 17.3. The normalized spacial score (nSPS) is 18.6. The van der Waals surface area contributed by atoms with Gasteiger partial charge in [0.25, 0.3) is 0 Å². The number of aliphatic carboxylic acids is 1. The summed E-state index contributed by atoms with van der Waals surface area (Å²) in [5, 5.41) is 11.8. The number of hydrogen-bond donors (Lipinski definition) is 2. The predicted molar refractivity (Wildman–Crippen MR) is 77.9 cm³/mol. The van der Waals surface area contributed by atoms with E-state index in [0.717, 1.165) is 0 Å². The summed E-state index contributed by atoms with van der Waals surface area (Å²) in [5.41, 5.74) is 0. The number of rotatable bonds is 4. The Hall–Kier alpha value is -1.79. The van der Waals surface area contributed by atoms with E-state index in [1.165, 1.54) is 6.92 Å². The average molecular weight is 299 g/mol. The molecular formula is C14H25N3O4. The first-order valence-electron chi connectivity index (χ1n) is 7.40. The Labute approximate surface area is 125 Å². The molecule has 1 fully saturated rings. The number of urea groups is 1. The Balaban J connectivity index is 2.62. The fourth-order valence-corrected chi connectivity index (χ4v) is 2.34. The zero-order valence-corrected chi connectivity index (χ0v) is 13.0. The van der Waals surface area contributed by atoms with Crippen LogP contribution in [0, 0.1) is 5.92 Å². The number of carbonyl (C=O) groups is 3. The lowest BCUT2D eigenvalue weighted by Crippen LogP contribution is -2.51. The topological polar surface area (TPSA) is 90.0 Å². The third-order valence-electron chi connectivity index (χ3n) is 3.99. The second-order valence-electron chi connectivity index (χ2n) is 5.50. The van der Waals surface area contributed by atoms with Crippen molar-refractivity contribution in [1.82, 2.24) is 15.1 Å². The van der Waals surface area contributed by atoms with Crippen molar-refractivity contribution >= 4 is 17.9 Å². The Kier molecular flexibility index (Phi) is 6.45. The average Bonchev–Trinajstić information content (AvgIpc) is 2.69. The van der Waals surface area contributed by atoms with Crippen molar-refractivity contribution in [3.8, 4) is 0 Å². The minimum Gasteiger partial charge on any atom is -0.480 e. The maximum absolute atomic E-state index is 12.2. The van der Waals surface area contributed by atoms with Crippen LogP contribution in [-0.4, -0.2) is 65.0 Å². The van der Waals surface area contributed by atoms with Crippen LogP contribution in [0.4, 0.5) is 4.79 Å². The SMILES string of the molecule is CCC(C)C(NC(=O)N1CCCN(C(C)=O)CC1)C(=O)O. The third kappa shape index (κ3) is 4.91. The minimum atomic E-state index is -1.02. The van der Waals surface area contributed by atoms with Crippen molar-refractivity contribution in [3.63, 3.8) is 0 Å². The lowest BCUT2D eigenvalue weighted by molar-refractivity contribution is -0.140. The zero-order chi connectivity index (χ0) is 16.0. The summed E-state index contributed by atoms with van der Waals surface area (Å²) in [6.07, 6.45) is 1.38. The van der Waals surface area contributed by atoms with Crippen LogP contribution in [0.1, 0.15) is 33.6 Å². The van der Waals surface area contributed by atoms with E-state index in [1.54, 1.807) is 16.7 Å². The molecule has 3 amide bonds. The van der Waals surface area contributed by atoms with Gasteiger partial charge in [-0.05, 0) is 12.3 Å². The van der Waals surface area contributed by atoms with Crippen LogP contribution in [0.5, 0.6) is 0 Å². The molecule has 7 nitrogen and oxygen atoms in total. The van der Waals surface area contributed by atoms with E-state index in [9.17, 15) is 19.5 Å². The summed E-state index contributed by atoms with van der Waals surface area (Å²) >= 11 is 0. The van der Waals surface area contributed by atoms with Gasteiger partial charge < -0.3 is 20.2 Å². The second kappa shape index (κ2) is 7.85. The fourth-order valence-electron chi connectivity index (χ4n) is 2.34. The number of carboxylic acid groups (broad SMARTS) is 1. The molecule has 7 heteroatoms. The van der Waals surface area contributed by atoms with Gasteiger partial charge in [0.15, 0.2) is 0 Å². The first-order valence-corrected chi connectivity index (χ1v) is 7.40. The molecule has 21 heavy (non-hydrogen) atoms. The number of hydrogen-bond acceptors (Lipinski definition) is 3. The first-order chi connectivity index (χ1) is 9.86. The van der Waals surface area contributed by atoms with Crippen LogP contribution in [0.2, 0.25) is 0 Å². The molecule has 0 saturated carbocycles. The number of nitrogens with one attached hydrogen (secondary N) is 1. The molecule has 0 spiro atoms. The Morgan fingerprint density at radius 3 is 2.24 bits per heavy atom. The van der Waals surface area contributed by atoms with Gasteiger partial charge in [-0.25, -0.2) is 9.59 Å². The van der Waals surface area contributed by atoms with Gasteiger partial charge in [0.1, 0.15) is 6.04 Å². The highest BCUT2D eigenvalue weighted by molar-refractivity contribution is 5.83. The van der Waals surface area contributed by atoms with E-state index < -0.39 is 12.0 Å². The van der Waals surface area contributed by atoms with E-state index in [0.29, 0.717) is 39.0 Å². The van der Waals surface area contributed by atoms with Gasteiger partial charge in [-0.1, -0.05) is 20.3 Å². The molecule has 2 atom stereocenters. The molecule has 1 aliphatic heterocycles. The zero-order valence-electron chi connectivity index (χ0n) is 13.0. The van der Waals surface area contributed by atoms with E-state index in [-0.39, 0.29) is 17.9 Å². The molecule has 1 rings (SSSR count). The summed E-state index contributed by atoms with van der Waals surface area (Å²) in [5.74, 6) is -1.15. The van der Waals surface area contributed by atoms with Crippen molar-refractivity contribution in [2.45, 2.75) is 39.7 Å². The standard InChI is InChI=1S/C14H25N3O4/c1-4-10(2)12(13(19)20)15-14(21)17-7-5-6-16(8-9-17)11(3)18/h10,12H,4-9H2,1-3H3,(H,15,21)(H,19,20). The highest BCUT2D eigenvalue weighted by atomic mass is 16.4. The molecule has 2 N–H and O–H groups in total. The summed E-state index contributed by atoms with van der Waals surface area (Å²) in [7, 11) is 0. The van der Waals surface area contributed by atoms with E-state index >= 15 is 0 Å². The molecule has 2 unspecified atom stereocenters. The largest absolute Gasteiger partial charge is 0.480 e. The monoisotopic (exact) mass is 299 g/mol. The van der Waals surface area contributed by atoms with Gasteiger partial charge in [0, 0.05) is 33.1 Å². The van der Waals surface area contributed by atoms with Gasteiger partial charge in [-0.2, -0.15) is 0 Å². The lowest BCUT2D eigenvalue weighted by atomic mass is 9.99. The van der Waals surface area contributed by atoms with Gasteiger partial charge in [0.2, 0.25) is 5.91 Å². The summed E-state index contributed by atoms with van der Waals surface area (Å²) in [6.45, 7) is 7.29. The van der Waals surface area contributed by atoms with Crippen LogP contribution < -0.4 is 5.32 Å². The molecular weight excluding hydrogens is 274 g/mol. The number of carboxylic acids is 1. The van der Waals surface area contributed by atoms with Crippen LogP contribution >= 0.6 is 0 Å². The Morgan fingerprint density at radius 2 is 1.71 bits per heavy atom. The van der Waals surface area contributed by atoms with Gasteiger partial charge in [-0.3, -0.25) is 4.79 Å². The molecule has 0 bridgehead atoms. The molecule has 1 heterocycles. The quantitative estimate of drug-likeness (QED) is 0.801. The highest BCUT2D eigenvalue weighted by Gasteiger charge is 2.28.